The standard InChI is InChI=1S/C12H14ClN.ClH/c13-8-3-9-14-12-7-6-10-4-1-2-5-11(10)12;/h1-5,8,12,14H,6-7,9H2;1H. The average Bonchev–Trinajstić information content (AvgIpc) is 2.63. The van der Waals surface area contributed by atoms with Crippen LogP contribution in [0.1, 0.15) is 23.6 Å². The van der Waals surface area contributed by atoms with Gasteiger partial charge in [-0.05, 0) is 24.0 Å². The Morgan fingerprint density at radius 1 is 1.40 bits per heavy atom. The third-order valence-corrected chi connectivity index (χ3v) is 2.88. The number of aryl methyl sites for hydroxylation is 1. The molecule has 2 rings (SSSR count). The van der Waals surface area contributed by atoms with Gasteiger partial charge in [0, 0.05) is 18.1 Å². The van der Waals surface area contributed by atoms with Gasteiger partial charge in [-0.1, -0.05) is 41.9 Å². The van der Waals surface area contributed by atoms with Gasteiger partial charge in [0.25, 0.3) is 0 Å². The van der Waals surface area contributed by atoms with E-state index in [0.717, 1.165) is 6.54 Å². The lowest BCUT2D eigenvalue weighted by molar-refractivity contribution is 0.564. The zero-order valence-corrected chi connectivity index (χ0v) is 10.0. The predicted octanol–water partition coefficient (Wildman–Crippen LogP) is 3.44. The summed E-state index contributed by atoms with van der Waals surface area (Å²) in [5.74, 6) is 0. The van der Waals surface area contributed by atoms with Crippen molar-refractivity contribution in [1.82, 2.24) is 5.32 Å². The molecule has 0 spiro atoms. The molecule has 0 aliphatic heterocycles. The van der Waals surface area contributed by atoms with E-state index in [1.165, 1.54) is 24.0 Å². The van der Waals surface area contributed by atoms with Crippen molar-refractivity contribution in [3.63, 3.8) is 0 Å². The van der Waals surface area contributed by atoms with Gasteiger partial charge < -0.3 is 5.32 Å². The highest BCUT2D eigenvalue weighted by atomic mass is 35.5. The molecule has 1 aromatic carbocycles. The molecule has 1 N–H and O–H groups in total. The lowest BCUT2D eigenvalue weighted by Crippen LogP contribution is -2.18. The van der Waals surface area contributed by atoms with E-state index in [2.05, 4.69) is 29.6 Å². The highest BCUT2D eigenvalue weighted by Gasteiger charge is 2.20. The van der Waals surface area contributed by atoms with Gasteiger partial charge in [-0.2, -0.15) is 0 Å². The quantitative estimate of drug-likeness (QED) is 0.858. The van der Waals surface area contributed by atoms with E-state index >= 15 is 0 Å². The molecular formula is C12H15Cl2N. The predicted molar refractivity (Wildman–Crippen MR) is 67.7 cm³/mol. The molecule has 1 aromatic rings. The summed E-state index contributed by atoms with van der Waals surface area (Å²) in [4.78, 5) is 0. The van der Waals surface area contributed by atoms with Crippen LogP contribution in [-0.4, -0.2) is 6.54 Å². The maximum Gasteiger partial charge on any atom is 0.0328 e. The van der Waals surface area contributed by atoms with Gasteiger partial charge in [-0.15, -0.1) is 12.4 Å². The van der Waals surface area contributed by atoms with Gasteiger partial charge in [0.1, 0.15) is 0 Å². The second kappa shape index (κ2) is 6.16. The first-order chi connectivity index (χ1) is 6.92. The van der Waals surface area contributed by atoms with Crippen molar-refractivity contribution in [2.75, 3.05) is 6.54 Å². The first-order valence-electron chi connectivity index (χ1n) is 4.98. The number of nitrogens with one attached hydrogen (secondary N) is 1. The van der Waals surface area contributed by atoms with Gasteiger partial charge in [-0.25, -0.2) is 0 Å². The lowest BCUT2D eigenvalue weighted by Gasteiger charge is -2.11. The van der Waals surface area contributed by atoms with E-state index in [4.69, 9.17) is 11.6 Å². The largest absolute Gasteiger partial charge is 0.306 e. The molecule has 0 saturated carbocycles. The Bertz CT molecular complexity index is 336. The minimum Gasteiger partial charge on any atom is -0.306 e. The average molecular weight is 244 g/mol. The Morgan fingerprint density at radius 2 is 2.20 bits per heavy atom. The van der Waals surface area contributed by atoms with Crippen LogP contribution in [0.25, 0.3) is 0 Å². The van der Waals surface area contributed by atoms with Crippen molar-refractivity contribution in [2.45, 2.75) is 18.9 Å². The monoisotopic (exact) mass is 243 g/mol. The summed E-state index contributed by atoms with van der Waals surface area (Å²) >= 11 is 5.47. The minimum absolute atomic E-state index is 0. The summed E-state index contributed by atoms with van der Waals surface area (Å²) in [5.41, 5.74) is 4.50. The summed E-state index contributed by atoms with van der Waals surface area (Å²) in [5, 5.41) is 3.47. The number of halogens is 2. The molecule has 0 aromatic heterocycles. The highest BCUT2D eigenvalue weighted by molar-refractivity contribution is 6.25. The molecule has 1 unspecified atom stereocenters. The van der Waals surface area contributed by atoms with Crippen LogP contribution in [0.5, 0.6) is 0 Å². The van der Waals surface area contributed by atoms with Crippen LogP contribution in [0.15, 0.2) is 35.9 Å². The summed E-state index contributed by atoms with van der Waals surface area (Å²) in [7, 11) is 0. The van der Waals surface area contributed by atoms with Crippen molar-refractivity contribution in [3.05, 3.63) is 47.0 Å². The molecule has 0 radical (unpaired) electrons. The normalized spacial score (nSPS) is 18.9. The Hall–Kier alpha value is -0.500. The van der Waals surface area contributed by atoms with E-state index in [9.17, 15) is 0 Å². The molecule has 0 bridgehead atoms. The van der Waals surface area contributed by atoms with Crippen molar-refractivity contribution < 1.29 is 0 Å². The van der Waals surface area contributed by atoms with Crippen LogP contribution in [0.2, 0.25) is 0 Å². The molecule has 0 fully saturated rings. The minimum atomic E-state index is 0. The van der Waals surface area contributed by atoms with E-state index in [1.807, 2.05) is 6.08 Å². The third kappa shape index (κ3) is 2.97. The third-order valence-electron chi connectivity index (χ3n) is 2.70. The Kier molecular flexibility index (Phi) is 5.16. The Morgan fingerprint density at radius 3 is 3.00 bits per heavy atom. The van der Waals surface area contributed by atoms with Crippen LogP contribution in [0.4, 0.5) is 0 Å². The number of fused-ring (bicyclic) bond motifs is 1. The van der Waals surface area contributed by atoms with Crippen LogP contribution < -0.4 is 5.32 Å². The molecule has 0 heterocycles. The summed E-state index contributed by atoms with van der Waals surface area (Å²) in [6, 6.07) is 9.16. The van der Waals surface area contributed by atoms with Crippen molar-refractivity contribution >= 4 is 24.0 Å². The van der Waals surface area contributed by atoms with Gasteiger partial charge in [0.2, 0.25) is 0 Å². The molecule has 82 valence electrons. The molecule has 3 heteroatoms. The molecule has 0 saturated heterocycles. The number of rotatable bonds is 3. The molecule has 0 amide bonds. The SMILES string of the molecule is Cl.ClC=CCNC1CCc2ccccc21. The van der Waals surface area contributed by atoms with Crippen molar-refractivity contribution in [3.8, 4) is 0 Å². The fraction of sp³-hybridized carbons (Fsp3) is 0.333. The van der Waals surface area contributed by atoms with Gasteiger partial charge in [-0.3, -0.25) is 0 Å². The van der Waals surface area contributed by atoms with Crippen molar-refractivity contribution in [2.24, 2.45) is 0 Å². The Labute approximate surface area is 102 Å². The van der Waals surface area contributed by atoms with Crippen LogP contribution in [-0.2, 0) is 6.42 Å². The molecule has 15 heavy (non-hydrogen) atoms. The summed E-state index contributed by atoms with van der Waals surface area (Å²) in [6.45, 7) is 0.850. The zero-order valence-electron chi connectivity index (χ0n) is 8.45. The van der Waals surface area contributed by atoms with Gasteiger partial charge in [0.05, 0.1) is 0 Å². The van der Waals surface area contributed by atoms with Gasteiger partial charge >= 0.3 is 0 Å². The number of benzene rings is 1. The zero-order chi connectivity index (χ0) is 9.80. The van der Waals surface area contributed by atoms with Gasteiger partial charge in [0.15, 0.2) is 0 Å². The molecular weight excluding hydrogens is 229 g/mol. The van der Waals surface area contributed by atoms with Crippen LogP contribution in [0, 0.1) is 0 Å². The summed E-state index contributed by atoms with van der Waals surface area (Å²) in [6.07, 6.45) is 4.33. The van der Waals surface area contributed by atoms with E-state index in [-0.39, 0.29) is 12.4 Å². The first-order valence-corrected chi connectivity index (χ1v) is 5.42. The molecule has 1 nitrogen and oxygen atoms in total. The maximum absolute atomic E-state index is 5.47. The summed E-state index contributed by atoms with van der Waals surface area (Å²) < 4.78 is 0. The molecule has 1 aliphatic rings. The van der Waals surface area contributed by atoms with E-state index < -0.39 is 0 Å². The highest BCUT2D eigenvalue weighted by Crippen LogP contribution is 2.30. The first kappa shape index (κ1) is 12.6. The second-order valence-corrected chi connectivity index (χ2v) is 3.81. The maximum atomic E-state index is 5.47. The van der Waals surface area contributed by atoms with Crippen LogP contribution in [0.3, 0.4) is 0 Å². The topological polar surface area (TPSA) is 12.0 Å². The molecule has 1 atom stereocenters. The number of hydrogen-bond donors (Lipinski definition) is 1. The smallest absolute Gasteiger partial charge is 0.0328 e. The number of hydrogen-bond acceptors (Lipinski definition) is 1. The fourth-order valence-corrected chi connectivity index (χ4v) is 2.11. The lowest BCUT2D eigenvalue weighted by atomic mass is 10.1. The van der Waals surface area contributed by atoms with Crippen LogP contribution >= 0.6 is 24.0 Å². The molecule has 1 aliphatic carbocycles. The van der Waals surface area contributed by atoms with Crippen molar-refractivity contribution in [1.29, 1.82) is 0 Å². The van der Waals surface area contributed by atoms with E-state index in [0.29, 0.717) is 6.04 Å². The fourth-order valence-electron chi connectivity index (χ4n) is 2.02. The Balaban J connectivity index is 0.00000112. The second-order valence-electron chi connectivity index (χ2n) is 3.56. The van der Waals surface area contributed by atoms with E-state index in [1.54, 1.807) is 5.54 Å².